The molecule has 1 aromatic rings. The lowest BCUT2D eigenvalue weighted by molar-refractivity contribution is 0.482. The SMILES string of the molecule is Cc1cc(C(C)C(C)C)c(C)o1. The fourth-order valence-electron chi connectivity index (χ4n) is 1.46. The topological polar surface area (TPSA) is 13.1 Å². The Morgan fingerprint density at radius 2 is 1.75 bits per heavy atom. The maximum absolute atomic E-state index is 5.49. The summed E-state index contributed by atoms with van der Waals surface area (Å²) in [5, 5.41) is 0. The second-order valence-electron chi connectivity index (χ2n) is 3.90. The van der Waals surface area contributed by atoms with Crippen LogP contribution in [0.15, 0.2) is 10.5 Å². The Morgan fingerprint density at radius 1 is 1.17 bits per heavy atom. The zero-order chi connectivity index (χ0) is 9.30. The molecule has 0 amide bonds. The summed E-state index contributed by atoms with van der Waals surface area (Å²) in [4.78, 5) is 0. The molecule has 0 aliphatic carbocycles. The van der Waals surface area contributed by atoms with Gasteiger partial charge in [-0.15, -0.1) is 0 Å². The summed E-state index contributed by atoms with van der Waals surface area (Å²) in [6, 6.07) is 2.15. The van der Waals surface area contributed by atoms with Crippen LogP contribution in [0.25, 0.3) is 0 Å². The molecule has 1 heteroatoms. The van der Waals surface area contributed by atoms with Gasteiger partial charge in [0.05, 0.1) is 0 Å². The molecular formula is C11H18O. The van der Waals surface area contributed by atoms with Crippen LogP contribution in [-0.2, 0) is 0 Å². The van der Waals surface area contributed by atoms with E-state index < -0.39 is 0 Å². The Labute approximate surface area is 74.8 Å². The maximum atomic E-state index is 5.49. The van der Waals surface area contributed by atoms with Crippen LogP contribution in [0.4, 0.5) is 0 Å². The Kier molecular flexibility index (Phi) is 2.61. The molecule has 1 atom stereocenters. The summed E-state index contributed by atoms with van der Waals surface area (Å²) in [6.45, 7) is 10.8. The van der Waals surface area contributed by atoms with Gasteiger partial charge in [0.15, 0.2) is 0 Å². The maximum Gasteiger partial charge on any atom is 0.104 e. The summed E-state index contributed by atoms with van der Waals surface area (Å²) >= 11 is 0. The molecule has 0 aromatic carbocycles. The predicted molar refractivity (Wildman–Crippen MR) is 51.4 cm³/mol. The first-order chi connectivity index (χ1) is 5.52. The minimum Gasteiger partial charge on any atom is -0.466 e. The molecule has 1 unspecified atom stereocenters. The minimum absolute atomic E-state index is 0.599. The van der Waals surface area contributed by atoms with Gasteiger partial charge in [0, 0.05) is 0 Å². The molecule has 0 radical (unpaired) electrons. The van der Waals surface area contributed by atoms with Crippen molar-refractivity contribution in [3.63, 3.8) is 0 Å². The van der Waals surface area contributed by atoms with Gasteiger partial charge in [-0.3, -0.25) is 0 Å². The van der Waals surface area contributed by atoms with E-state index in [2.05, 4.69) is 26.8 Å². The van der Waals surface area contributed by atoms with E-state index in [1.54, 1.807) is 0 Å². The van der Waals surface area contributed by atoms with Crippen molar-refractivity contribution >= 4 is 0 Å². The van der Waals surface area contributed by atoms with Crippen LogP contribution in [0.3, 0.4) is 0 Å². The standard InChI is InChI=1S/C11H18O/c1-7(2)9(4)11-6-8(3)12-10(11)5/h6-7,9H,1-5H3. The van der Waals surface area contributed by atoms with Crippen molar-refractivity contribution in [2.75, 3.05) is 0 Å². The van der Waals surface area contributed by atoms with Crippen molar-refractivity contribution in [1.29, 1.82) is 0 Å². The molecule has 0 aliphatic rings. The Bertz CT molecular complexity index is 258. The summed E-state index contributed by atoms with van der Waals surface area (Å²) < 4.78 is 5.49. The Balaban J connectivity index is 2.94. The molecule has 0 saturated heterocycles. The average molecular weight is 166 g/mol. The van der Waals surface area contributed by atoms with Gasteiger partial charge in [-0.1, -0.05) is 20.8 Å². The summed E-state index contributed by atoms with van der Waals surface area (Å²) in [5.41, 5.74) is 1.36. The van der Waals surface area contributed by atoms with Crippen LogP contribution in [-0.4, -0.2) is 0 Å². The highest BCUT2D eigenvalue weighted by molar-refractivity contribution is 5.24. The summed E-state index contributed by atoms with van der Waals surface area (Å²) in [5.74, 6) is 3.38. The molecular weight excluding hydrogens is 148 g/mol. The van der Waals surface area contributed by atoms with Crippen molar-refractivity contribution in [2.24, 2.45) is 5.92 Å². The van der Waals surface area contributed by atoms with E-state index in [0.717, 1.165) is 11.5 Å². The van der Waals surface area contributed by atoms with Gasteiger partial charge >= 0.3 is 0 Å². The van der Waals surface area contributed by atoms with Crippen LogP contribution in [0.2, 0.25) is 0 Å². The molecule has 68 valence electrons. The number of aryl methyl sites for hydroxylation is 2. The van der Waals surface area contributed by atoms with Crippen molar-refractivity contribution < 1.29 is 4.42 Å². The predicted octanol–water partition coefficient (Wildman–Crippen LogP) is 3.66. The van der Waals surface area contributed by atoms with Crippen molar-refractivity contribution in [1.82, 2.24) is 0 Å². The molecule has 0 N–H and O–H groups in total. The van der Waals surface area contributed by atoms with E-state index in [-0.39, 0.29) is 0 Å². The Hall–Kier alpha value is -0.720. The molecule has 12 heavy (non-hydrogen) atoms. The van der Waals surface area contributed by atoms with Gasteiger partial charge < -0.3 is 4.42 Å². The van der Waals surface area contributed by atoms with Gasteiger partial charge in [0.2, 0.25) is 0 Å². The lowest BCUT2D eigenvalue weighted by Crippen LogP contribution is -2.01. The second-order valence-corrected chi connectivity index (χ2v) is 3.90. The van der Waals surface area contributed by atoms with Gasteiger partial charge in [0.1, 0.15) is 11.5 Å². The molecule has 0 spiro atoms. The quantitative estimate of drug-likeness (QED) is 0.653. The smallest absolute Gasteiger partial charge is 0.104 e. The highest BCUT2D eigenvalue weighted by Crippen LogP contribution is 2.28. The van der Waals surface area contributed by atoms with Gasteiger partial charge in [-0.05, 0) is 37.3 Å². The van der Waals surface area contributed by atoms with Crippen LogP contribution >= 0.6 is 0 Å². The number of rotatable bonds is 2. The number of hydrogen-bond donors (Lipinski definition) is 0. The third-order valence-electron chi connectivity index (χ3n) is 2.57. The van der Waals surface area contributed by atoms with Gasteiger partial charge in [-0.2, -0.15) is 0 Å². The third-order valence-corrected chi connectivity index (χ3v) is 2.57. The summed E-state index contributed by atoms with van der Waals surface area (Å²) in [7, 11) is 0. The molecule has 1 rings (SSSR count). The number of furan rings is 1. The zero-order valence-electron chi connectivity index (χ0n) is 8.64. The fourth-order valence-corrected chi connectivity index (χ4v) is 1.46. The molecule has 1 heterocycles. The van der Waals surface area contributed by atoms with Crippen molar-refractivity contribution in [2.45, 2.75) is 40.5 Å². The first-order valence-corrected chi connectivity index (χ1v) is 4.59. The monoisotopic (exact) mass is 166 g/mol. The van der Waals surface area contributed by atoms with Crippen LogP contribution in [0.1, 0.15) is 43.8 Å². The lowest BCUT2D eigenvalue weighted by Gasteiger charge is -2.13. The third kappa shape index (κ3) is 1.71. The molecule has 0 bridgehead atoms. The van der Waals surface area contributed by atoms with E-state index in [0.29, 0.717) is 11.8 Å². The van der Waals surface area contributed by atoms with E-state index >= 15 is 0 Å². The van der Waals surface area contributed by atoms with E-state index in [9.17, 15) is 0 Å². The van der Waals surface area contributed by atoms with Gasteiger partial charge in [-0.25, -0.2) is 0 Å². The van der Waals surface area contributed by atoms with Crippen LogP contribution in [0.5, 0.6) is 0 Å². The Morgan fingerprint density at radius 3 is 2.08 bits per heavy atom. The van der Waals surface area contributed by atoms with E-state index in [1.807, 2.05) is 13.8 Å². The molecule has 1 nitrogen and oxygen atoms in total. The van der Waals surface area contributed by atoms with Gasteiger partial charge in [0.25, 0.3) is 0 Å². The average Bonchev–Trinajstić information content (AvgIpc) is 2.28. The first-order valence-electron chi connectivity index (χ1n) is 4.59. The molecule has 0 fully saturated rings. The first kappa shape index (κ1) is 9.37. The fraction of sp³-hybridized carbons (Fsp3) is 0.636. The van der Waals surface area contributed by atoms with E-state index in [4.69, 9.17) is 4.42 Å². The van der Waals surface area contributed by atoms with Crippen LogP contribution in [0, 0.1) is 19.8 Å². The number of hydrogen-bond acceptors (Lipinski definition) is 1. The molecule has 1 aromatic heterocycles. The summed E-state index contributed by atoms with van der Waals surface area (Å²) in [6.07, 6.45) is 0. The molecule has 0 saturated carbocycles. The van der Waals surface area contributed by atoms with E-state index in [1.165, 1.54) is 5.56 Å². The van der Waals surface area contributed by atoms with Crippen molar-refractivity contribution in [3.05, 3.63) is 23.2 Å². The normalized spacial score (nSPS) is 13.8. The lowest BCUT2D eigenvalue weighted by atomic mass is 9.90. The zero-order valence-corrected chi connectivity index (χ0v) is 8.64. The van der Waals surface area contributed by atoms with Crippen LogP contribution < -0.4 is 0 Å². The minimum atomic E-state index is 0.599. The largest absolute Gasteiger partial charge is 0.466 e. The highest BCUT2D eigenvalue weighted by Gasteiger charge is 2.15. The highest BCUT2D eigenvalue weighted by atomic mass is 16.3. The molecule has 0 aliphatic heterocycles. The second kappa shape index (κ2) is 3.34. The van der Waals surface area contributed by atoms with Crippen molar-refractivity contribution in [3.8, 4) is 0 Å².